The summed E-state index contributed by atoms with van der Waals surface area (Å²) < 4.78 is 0. The maximum atomic E-state index is 12.9. The summed E-state index contributed by atoms with van der Waals surface area (Å²) in [5, 5.41) is 5.87. The molecule has 6 rings (SSSR count). The minimum absolute atomic E-state index is 0.104. The third kappa shape index (κ3) is 3.73. The third-order valence-corrected chi connectivity index (χ3v) is 8.77. The van der Waals surface area contributed by atoms with E-state index in [4.69, 9.17) is 0 Å². The van der Waals surface area contributed by atoms with Crippen molar-refractivity contribution in [2.24, 2.45) is 5.41 Å². The van der Waals surface area contributed by atoms with Gasteiger partial charge in [-0.25, -0.2) is 0 Å². The molecule has 0 aromatic heterocycles. The second-order valence-corrected chi connectivity index (χ2v) is 10.6. The Morgan fingerprint density at radius 2 is 1.73 bits per heavy atom. The van der Waals surface area contributed by atoms with Crippen LogP contribution >= 0.6 is 0 Å². The van der Waals surface area contributed by atoms with E-state index in [2.05, 4.69) is 26.5 Å². The fourth-order valence-corrected chi connectivity index (χ4v) is 6.48. The fourth-order valence-electron chi connectivity index (χ4n) is 6.48. The first-order valence-electron chi connectivity index (χ1n) is 12.5. The number of carbonyl (C=O) groups is 3. The van der Waals surface area contributed by atoms with Crippen molar-refractivity contribution in [1.29, 1.82) is 0 Å². The van der Waals surface area contributed by atoms with Crippen molar-refractivity contribution in [3.8, 4) is 0 Å². The first-order valence-corrected chi connectivity index (χ1v) is 12.5. The summed E-state index contributed by atoms with van der Waals surface area (Å²) >= 11 is 0. The molecule has 1 unspecified atom stereocenters. The normalized spacial score (nSPS) is 28.1. The first-order chi connectivity index (χ1) is 16.0. The summed E-state index contributed by atoms with van der Waals surface area (Å²) in [6, 6.07) is 6.14. The second-order valence-electron chi connectivity index (χ2n) is 10.6. The zero-order chi connectivity index (χ0) is 22.6. The first kappa shape index (κ1) is 21.1. The zero-order valence-electron chi connectivity index (χ0n) is 19.1. The number of piperidine rings is 3. The van der Waals surface area contributed by atoms with Crippen LogP contribution in [0, 0.1) is 5.41 Å². The molecule has 5 aliphatic heterocycles. The molecule has 3 amide bonds. The summed E-state index contributed by atoms with van der Waals surface area (Å²) in [6.07, 6.45) is 6.03. The summed E-state index contributed by atoms with van der Waals surface area (Å²) in [5.74, 6) is -0.714. The molecule has 33 heavy (non-hydrogen) atoms. The maximum Gasteiger partial charge on any atom is 0.255 e. The van der Waals surface area contributed by atoms with Crippen LogP contribution in [-0.2, 0) is 16.1 Å². The highest BCUT2D eigenvalue weighted by atomic mass is 16.2. The smallest absolute Gasteiger partial charge is 0.255 e. The van der Waals surface area contributed by atoms with E-state index in [1.165, 1.54) is 51.9 Å². The number of fused-ring (bicyclic) bond motifs is 1. The molecule has 0 bridgehead atoms. The fraction of sp³-hybridized carbons (Fsp3) is 0.640. The Bertz CT molecular complexity index is 972. The molecular formula is C25H33N5O3. The van der Waals surface area contributed by atoms with Gasteiger partial charge in [-0.1, -0.05) is 0 Å². The number of hydrogen-bond acceptors (Lipinski definition) is 6. The molecule has 1 aromatic carbocycles. The molecule has 5 heterocycles. The van der Waals surface area contributed by atoms with Crippen LogP contribution in [0.5, 0.6) is 0 Å². The van der Waals surface area contributed by atoms with Gasteiger partial charge in [-0.05, 0) is 87.5 Å². The van der Waals surface area contributed by atoms with Gasteiger partial charge in [0.15, 0.2) is 0 Å². The minimum atomic E-state index is -0.554. The van der Waals surface area contributed by atoms with E-state index in [9.17, 15) is 14.4 Å². The van der Waals surface area contributed by atoms with Gasteiger partial charge in [0.1, 0.15) is 6.04 Å². The van der Waals surface area contributed by atoms with E-state index >= 15 is 0 Å². The largest absolute Gasteiger partial charge is 0.368 e. The second kappa shape index (κ2) is 8.09. The molecule has 1 spiro atoms. The molecule has 0 aliphatic carbocycles. The van der Waals surface area contributed by atoms with Crippen LogP contribution < -0.4 is 15.5 Å². The van der Waals surface area contributed by atoms with Crippen molar-refractivity contribution >= 4 is 23.4 Å². The topological polar surface area (TPSA) is 85.0 Å². The lowest BCUT2D eigenvalue weighted by Gasteiger charge is -2.52. The van der Waals surface area contributed by atoms with Crippen molar-refractivity contribution in [2.45, 2.75) is 57.2 Å². The van der Waals surface area contributed by atoms with Gasteiger partial charge in [-0.3, -0.25) is 24.6 Å². The molecule has 8 heteroatoms. The average molecular weight is 452 g/mol. The van der Waals surface area contributed by atoms with Gasteiger partial charge in [-0.15, -0.1) is 0 Å². The number of imide groups is 1. The van der Waals surface area contributed by atoms with Crippen LogP contribution in [0.15, 0.2) is 18.2 Å². The van der Waals surface area contributed by atoms with Crippen molar-refractivity contribution < 1.29 is 14.4 Å². The Morgan fingerprint density at radius 3 is 2.45 bits per heavy atom. The number of amides is 3. The Kier molecular flexibility index (Phi) is 5.18. The van der Waals surface area contributed by atoms with Gasteiger partial charge >= 0.3 is 0 Å². The van der Waals surface area contributed by atoms with Gasteiger partial charge in [0, 0.05) is 43.3 Å². The van der Waals surface area contributed by atoms with Gasteiger partial charge in [0.25, 0.3) is 5.91 Å². The number of nitrogens with zero attached hydrogens (tertiary/aromatic N) is 3. The summed E-state index contributed by atoms with van der Waals surface area (Å²) in [7, 11) is 0. The average Bonchev–Trinajstić information content (AvgIpc) is 3.10. The number of anilines is 1. The molecule has 176 valence electrons. The number of carbonyl (C=O) groups excluding carboxylic acids is 3. The number of hydrogen-bond donors (Lipinski definition) is 2. The maximum absolute atomic E-state index is 12.9. The highest BCUT2D eigenvalue weighted by Crippen LogP contribution is 2.41. The third-order valence-electron chi connectivity index (χ3n) is 8.77. The molecule has 1 atom stereocenters. The monoisotopic (exact) mass is 451 g/mol. The predicted molar refractivity (Wildman–Crippen MR) is 124 cm³/mol. The minimum Gasteiger partial charge on any atom is -0.368 e. The van der Waals surface area contributed by atoms with Crippen LogP contribution in [0.4, 0.5) is 5.69 Å². The highest BCUT2D eigenvalue weighted by Gasteiger charge is 2.42. The van der Waals surface area contributed by atoms with E-state index in [1.807, 2.05) is 12.1 Å². The van der Waals surface area contributed by atoms with E-state index in [0.717, 1.165) is 24.3 Å². The van der Waals surface area contributed by atoms with Crippen molar-refractivity contribution in [2.75, 3.05) is 44.2 Å². The molecule has 0 saturated carbocycles. The van der Waals surface area contributed by atoms with Gasteiger partial charge in [0.2, 0.25) is 11.8 Å². The van der Waals surface area contributed by atoms with E-state index < -0.39 is 6.04 Å². The van der Waals surface area contributed by atoms with Crippen LogP contribution in [0.25, 0.3) is 0 Å². The molecule has 8 nitrogen and oxygen atoms in total. The Hall–Kier alpha value is -2.45. The number of nitrogens with one attached hydrogen (secondary N) is 2. The van der Waals surface area contributed by atoms with Gasteiger partial charge < -0.3 is 15.1 Å². The molecule has 1 aromatic rings. The van der Waals surface area contributed by atoms with Gasteiger partial charge in [0.05, 0.1) is 0 Å². The lowest BCUT2D eigenvalue weighted by Crippen LogP contribution is -2.62. The summed E-state index contributed by atoms with van der Waals surface area (Å²) in [5.41, 5.74) is 3.42. The zero-order valence-corrected chi connectivity index (χ0v) is 19.1. The molecule has 4 fully saturated rings. The highest BCUT2D eigenvalue weighted by molar-refractivity contribution is 6.05. The molecule has 0 radical (unpaired) electrons. The Labute approximate surface area is 194 Å². The number of benzene rings is 1. The quantitative estimate of drug-likeness (QED) is 0.670. The standard InChI is InChI=1S/C25H33N5O3/c31-22-4-3-21(23(32)27-22)30-14-17-13-18(1-2-20(17)24(30)33)29-15-19(16-29)28-11-7-25(8-12-28)5-9-26-10-6-25/h1-2,13,19,21,26H,3-12,14-16H2,(H,27,31,32). The molecular weight excluding hydrogens is 418 g/mol. The van der Waals surface area contributed by atoms with Crippen molar-refractivity contribution in [1.82, 2.24) is 20.4 Å². The molecule has 5 aliphatic rings. The Balaban J connectivity index is 1.06. The predicted octanol–water partition coefficient (Wildman–Crippen LogP) is 1.10. The van der Waals surface area contributed by atoms with Crippen LogP contribution in [0.3, 0.4) is 0 Å². The van der Waals surface area contributed by atoms with Crippen LogP contribution in [0.2, 0.25) is 0 Å². The van der Waals surface area contributed by atoms with Gasteiger partial charge in [-0.2, -0.15) is 0 Å². The van der Waals surface area contributed by atoms with E-state index in [-0.39, 0.29) is 24.1 Å². The van der Waals surface area contributed by atoms with E-state index in [0.29, 0.717) is 30.0 Å². The van der Waals surface area contributed by atoms with Crippen LogP contribution in [0.1, 0.15) is 54.4 Å². The molecule has 4 saturated heterocycles. The lowest BCUT2D eigenvalue weighted by molar-refractivity contribution is -0.136. The van der Waals surface area contributed by atoms with Crippen LogP contribution in [-0.4, -0.2) is 78.9 Å². The Morgan fingerprint density at radius 1 is 0.970 bits per heavy atom. The summed E-state index contributed by atoms with van der Waals surface area (Å²) in [4.78, 5) is 43.4. The number of rotatable bonds is 3. The lowest BCUT2D eigenvalue weighted by atomic mass is 9.71. The van der Waals surface area contributed by atoms with E-state index in [1.54, 1.807) is 4.90 Å². The SMILES string of the molecule is O=C1CCC(N2Cc3cc(N4CC(N5CCC6(CCNCC6)CC5)C4)ccc3C2=O)C(=O)N1. The summed E-state index contributed by atoms with van der Waals surface area (Å²) in [6.45, 7) is 7.32. The number of likely N-dealkylation sites (tertiary alicyclic amines) is 1. The van der Waals surface area contributed by atoms with Crippen molar-refractivity contribution in [3.05, 3.63) is 29.3 Å². The molecule has 2 N–H and O–H groups in total. The van der Waals surface area contributed by atoms with Crippen molar-refractivity contribution in [3.63, 3.8) is 0 Å².